The van der Waals surface area contributed by atoms with Crippen molar-refractivity contribution in [2.45, 2.75) is 17.2 Å². The number of likely N-dealkylation sites (tertiary alicyclic amines) is 1. The molecular weight excluding hydrogens is 473 g/mol. The molecule has 0 spiro atoms. The first-order valence-electron chi connectivity index (χ1n) is 9.41. The fourth-order valence-corrected chi connectivity index (χ4v) is 4.47. The zero-order chi connectivity index (χ0) is 23.3. The molecule has 2 heterocycles. The third-order valence-electron chi connectivity index (χ3n) is 5.74. The number of amides is 2. The van der Waals surface area contributed by atoms with Gasteiger partial charge in [-0.15, -0.1) is 0 Å². The van der Waals surface area contributed by atoms with E-state index in [-0.39, 0.29) is 34.4 Å². The van der Waals surface area contributed by atoms with Crippen LogP contribution >= 0.6 is 23.2 Å². The number of rotatable bonds is 4. The fourth-order valence-electron chi connectivity index (χ4n) is 3.94. The molecule has 2 aromatic rings. The summed E-state index contributed by atoms with van der Waals surface area (Å²) < 4.78 is 56.0. The zero-order valence-corrected chi connectivity index (χ0v) is 17.9. The summed E-state index contributed by atoms with van der Waals surface area (Å²) in [7, 11) is 0. The first-order chi connectivity index (χ1) is 15.0. The van der Waals surface area contributed by atoms with Crippen molar-refractivity contribution < 1.29 is 27.2 Å². The van der Waals surface area contributed by atoms with Gasteiger partial charge >= 0.3 is 12.2 Å². The summed E-state index contributed by atoms with van der Waals surface area (Å²) in [5.41, 5.74) is 4.68. The molecule has 2 aliphatic rings. The van der Waals surface area contributed by atoms with Crippen LogP contribution in [0.3, 0.4) is 0 Å². The van der Waals surface area contributed by atoms with Crippen LogP contribution in [0.4, 0.5) is 22.4 Å². The highest BCUT2D eigenvalue weighted by Crippen LogP contribution is 2.48. The molecule has 2 aromatic carbocycles. The van der Waals surface area contributed by atoms with Gasteiger partial charge < -0.3 is 10.6 Å². The predicted octanol–water partition coefficient (Wildman–Crippen LogP) is 4.93. The summed E-state index contributed by atoms with van der Waals surface area (Å²) in [6.07, 6.45) is -3.91. The maximum absolute atomic E-state index is 14.1. The highest BCUT2D eigenvalue weighted by Gasteiger charge is 2.59. The number of nitrogens with one attached hydrogen (secondary N) is 1. The van der Waals surface area contributed by atoms with E-state index >= 15 is 0 Å². The van der Waals surface area contributed by atoms with Gasteiger partial charge in [0.05, 0.1) is 11.1 Å². The molecule has 0 radical (unpaired) electrons. The highest BCUT2D eigenvalue weighted by atomic mass is 35.5. The summed E-state index contributed by atoms with van der Waals surface area (Å²) in [5.74, 6) is 0. The first kappa shape index (κ1) is 22.7. The normalized spacial score (nSPS) is 22.2. The van der Waals surface area contributed by atoms with Crippen LogP contribution in [-0.2, 0) is 15.9 Å². The van der Waals surface area contributed by atoms with E-state index in [0.717, 1.165) is 18.2 Å². The standard InChI is InChI=1S/C21H17Cl2F4N3O2/c22-15-5-14(6-16(23)7-15)20(21(25,26)27)8-17(29-32-20)12-1-3-13(4-2-12)19(9-24)10-30(11-19)18(28)31/h1-8,29H,9-11H2,(H2,28,31). The highest BCUT2D eigenvalue weighted by molar-refractivity contribution is 6.34. The van der Waals surface area contributed by atoms with Gasteiger partial charge in [-0.25, -0.2) is 9.18 Å². The number of primary amides is 1. The molecule has 3 N–H and O–H groups in total. The molecule has 170 valence electrons. The van der Waals surface area contributed by atoms with E-state index in [9.17, 15) is 22.4 Å². The monoisotopic (exact) mass is 489 g/mol. The predicted molar refractivity (Wildman–Crippen MR) is 112 cm³/mol. The number of nitrogens with two attached hydrogens (primary N) is 1. The molecule has 5 nitrogen and oxygen atoms in total. The van der Waals surface area contributed by atoms with Crippen molar-refractivity contribution in [3.63, 3.8) is 0 Å². The molecule has 2 aliphatic heterocycles. The Balaban J connectivity index is 1.66. The van der Waals surface area contributed by atoms with Gasteiger partial charge in [0.25, 0.3) is 0 Å². The van der Waals surface area contributed by atoms with Crippen LogP contribution in [0.15, 0.2) is 48.5 Å². The Morgan fingerprint density at radius 1 is 1.09 bits per heavy atom. The number of alkyl halides is 4. The second kappa shape index (κ2) is 7.83. The second-order valence-corrected chi connectivity index (χ2v) is 8.71. The summed E-state index contributed by atoms with van der Waals surface area (Å²) in [6.45, 7) is -0.434. The molecule has 1 atom stereocenters. The molecule has 1 fully saturated rings. The van der Waals surface area contributed by atoms with Gasteiger partial charge in [0.15, 0.2) is 0 Å². The number of nitrogens with zero attached hydrogens (tertiary/aromatic N) is 1. The summed E-state index contributed by atoms with van der Waals surface area (Å²) in [5, 5.41) is 0.0703. The van der Waals surface area contributed by atoms with Crippen molar-refractivity contribution in [1.29, 1.82) is 0 Å². The number of halogens is 6. The molecule has 2 amide bonds. The number of carbonyl (C=O) groups excluding carboxylic acids is 1. The summed E-state index contributed by atoms with van der Waals surface area (Å²) in [6, 6.07) is 9.29. The number of carbonyl (C=O) groups is 1. The van der Waals surface area contributed by atoms with Crippen LogP contribution in [0, 0.1) is 0 Å². The van der Waals surface area contributed by atoms with Crippen LogP contribution in [0.25, 0.3) is 5.70 Å². The Morgan fingerprint density at radius 2 is 1.69 bits per heavy atom. The maximum Gasteiger partial charge on any atom is 0.428 e. The lowest BCUT2D eigenvalue weighted by Crippen LogP contribution is -2.63. The van der Waals surface area contributed by atoms with Crippen LogP contribution in [0.2, 0.25) is 10.0 Å². The van der Waals surface area contributed by atoms with E-state index in [2.05, 4.69) is 5.48 Å². The number of hydroxylamine groups is 1. The largest absolute Gasteiger partial charge is 0.428 e. The van der Waals surface area contributed by atoms with Gasteiger partial charge in [-0.2, -0.15) is 13.2 Å². The molecule has 0 saturated carbocycles. The van der Waals surface area contributed by atoms with E-state index in [4.69, 9.17) is 33.8 Å². The third-order valence-corrected chi connectivity index (χ3v) is 6.18. The number of benzene rings is 2. The van der Waals surface area contributed by atoms with Crippen molar-refractivity contribution >= 4 is 34.9 Å². The van der Waals surface area contributed by atoms with Gasteiger partial charge in [-0.1, -0.05) is 47.5 Å². The van der Waals surface area contributed by atoms with E-state index in [0.29, 0.717) is 11.1 Å². The molecule has 1 saturated heterocycles. The maximum atomic E-state index is 14.1. The Kier molecular flexibility index (Phi) is 5.55. The minimum atomic E-state index is -4.82. The molecule has 32 heavy (non-hydrogen) atoms. The molecule has 11 heteroatoms. The summed E-state index contributed by atoms with van der Waals surface area (Å²) in [4.78, 5) is 17.6. The van der Waals surface area contributed by atoms with Gasteiger partial charge in [0, 0.05) is 28.7 Å². The van der Waals surface area contributed by atoms with E-state index in [1.165, 1.54) is 11.0 Å². The molecular formula is C21H17Cl2F4N3O2. The second-order valence-electron chi connectivity index (χ2n) is 7.84. The number of hydrogen-bond donors (Lipinski definition) is 2. The van der Waals surface area contributed by atoms with Gasteiger partial charge in [-0.3, -0.25) is 10.3 Å². The van der Waals surface area contributed by atoms with Crippen LogP contribution in [0.1, 0.15) is 16.7 Å². The zero-order valence-electron chi connectivity index (χ0n) is 16.3. The van der Waals surface area contributed by atoms with Crippen molar-refractivity contribution in [3.05, 3.63) is 75.3 Å². The summed E-state index contributed by atoms with van der Waals surface area (Å²) >= 11 is 11.8. The molecule has 0 aromatic heterocycles. The van der Waals surface area contributed by atoms with Crippen LogP contribution in [-0.4, -0.2) is 36.9 Å². The van der Waals surface area contributed by atoms with Crippen LogP contribution < -0.4 is 11.2 Å². The van der Waals surface area contributed by atoms with Crippen molar-refractivity contribution in [2.75, 3.05) is 19.8 Å². The number of hydrogen-bond acceptors (Lipinski definition) is 3. The van der Waals surface area contributed by atoms with Crippen LogP contribution in [0.5, 0.6) is 0 Å². The lowest BCUT2D eigenvalue weighted by atomic mass is 9.74. The molecule has 4 rings (SSSR count). The minimum Gasteiger partial charge on any atom is -0.351 e. The Labute approximate surface area is 190 Å². The Hall–Kier alpha value is -2.49. The van der Waals surface area contributed by atoms with Crippen molar-refractivity contribution in [1.82, 2.24) is 10.4 Å². The Bertz CT molecular complexity index is 1070. The average molecular weight is 490 g/mol. The minimum absolute atomic E-state index is 0.0351. The molecule has 1 unspecified atom stereocenters. The van der Waals surface area contributed by atoms with Gasteiger partial charge in [0.1, 0.15) is 6.67 Å². The van der Waals surface area contributed by atoms with Gasteiger partial charge in [0.2, 0.25) is 5.60 Å². The fraction of sp³-hybridized carbons (Fsp3) is 0.286. The van der Waals surface area contributed by atoms with E-state index in [1.807, 2.05) is 0 Å². The first-order valence-corrected chi connectivity index (χ1v) is 10.2. The lowest BCUT2D eigenvalue weighted by Gasteiger charge is -2.48. The van der Waals surface area contributed by atoms with E-state index < -0.39 is 29.9 Å². The lowest BCUT2D eigenvalue weighted by molar-refractivity contribution is -0.269. The Morgan fingerprint density at radius 3 is 2.19 bits per heavy atom. The number of urea groups is 1. The average Bonchev–Trinajstić information content (AvgIpc) is 3.14. The quantitative estimate of drug-likeness (QED) is 0.598. The molecule has 0 bridgehead atoms. The van der Waals surface area contributed by atoms with Crippen molar-refractivity contribution in [2.24, 2.45) is 5.73 Å². The van der Waals surface area contributed by atoms with Gasteiger partial charge in [-0.05, 0) is 35.4 Å². The topological polar surface area (TPSA) is 67.6 Å². The van der Waals surface area contributed by atoms with Crippen molar-refractivity contribution in [3.8, 4) is 0 Å². The smallest absolute Gasteiger partial charge is 0.351 e. The van der Waals surface area contributed by atoms with E-state index in [1.54, 1.807) is 24.3 Å². The SMILES string of the molecule is NC(=O)N1CC(CF)(c2ccc(C3=CC(c4cc(Cl)cc(Cl)c4)(C(F)(F)F)ON3)cc2)C1. The molecule has 0 aliphatic carbocycles. The third kappa shape index (κ3) is 3.68.